The number of carbonyl (C=O) groups is 1. The standard InChI is InChI=1S/C23H24N2O2S.ClH/c1-27-18-6-2-4-16(12-18)19-7-3-5-17-13-21(28-22(17)19)23(26)24-20-14-25-10-8-15(20)9-11-25;/h2-7,12-13,15,20H,8-11,14H2,1H3,(H,24,26);1H/t20-;/m0./s1. The molecule has 0 saturated carbocycles. The number of carbonyl (C=O) groups excluding carboxylic acids is 1. The molecule has 0 radical (unpaired) electrons. The van der Waals surface area contributed by atoms with Gasteiger partial charge in [0.05, 0.1) is 12.0 Å². The van der Waals surface area contributed by atoms with E-state index in [0.717, 1.165) is 38.4 Å². The van der Waals surface area contributed by atoms with E-state index in [1.165, 1.54) is 25.9 Å². The van der Waals surface area contributed by atoms with Crippen LogP contribution in [0.3, 0.4) is 0 Å². The predicted octanol–water partition coefficient (Wildman–Crippen LogP) is 4.82. The van der Waals surface area contributed by atoms with Crippen molar-refractivity contribution in [2.45, 2.75) is 18.9 Å². The third-order valence-electron chi connectivity index (χ3n) is 6.12. The number of nitrogens with one attached hydrogen (secondary N) is 1. The number of rotatable bonds is 4. The Bertz CT molecular complexity index is 1030. The zero-order valence-corrected chi connectivity index (χ0v) is 18.0. The van der Waals surface area contributed by atoms with Crippen LogP contribution in [0.25, 0.3) is 21.2 Å². The van der Waals surface area contributed by atoms with Gasteiger partial charge in [-0.15, -0.1) is 23.7 Å². The number of hydrogen-bond acceptors (Lipinski definition) is 4. The molecule has 4 heterocycles. The summed E-state index contributed by atoms with van der Waals surface area (Å²) >= 11 is 1.58. The average molecular weight is 429 g/mol. The number of amides is 1. The predicted molar refractivity (Wildman–Crippen MR) is 121 cm³/mol. The van der Waals surface area contributed by atoms with Crippen LogP contribution in [0, 0.1) is 5.92 Å². The lowest BCUT2D eigenvalue weighted by Crippen LogP contribution is -2.57. The number of hydrogen-bond donors (Lipinski definition) is 1. The van der Waals surface area contributed by atoms with Gasteiger partial charge in [0.1, 0.15) is 5.75 Å². The van der Waals surface area contributed by atoms with Crippen LogP contribution in [0.2, 0.25) is 0 Å². The summed E-state index contributed by atoms with van der Waals surface area (Å²) in [6.45, 7) is 3.37. The lowest BCUT2D eigenvalue weighted by molar-refractivity contribution is 0.0622. The summed E-state index contributed by atoms with van der Waals surface area (Å²) in [7, 11) is 1.68. The Labute approximate surface area is 181 Å². The highest BCUT2D eigenvalue weighted by Crippen LogP contribution is 2.36. The maximum Gasteiger partial charge on any atom is 0.261 e. The van der Waals surface area contributed by atoms with Gasteiger partial charge in [-0.25, -0.2) is 0 Å². The van der Waals surface area contributed by atoms with E-state index >= 15 is 0 Å². The van der Waals surface area contributed by atoms with Crippen LogP contribution >= 0.6 is 23.7 Å². The number of halogens is 1. The number of piperidine rings is 3. The van der Waals surface area contributed by atoms with Crippen molar-refractivity contribution >= 4 is 39.7 Å². The summed E-state index contributed by atoms with van der Waals surface area (Å²) in [5.41, 5.74) is 2.25. The second-order valence-electron chi connectivity index (χ2n) is 7.78. The molecule has 0 aliphatic carbocycles. The van der Waals surface area contributed by atoms with Crippen LogP contribution in [-0.4, -0.2) is 43.6 Å². The Hall–Kier alpha value is -2.08. The summed E-state index contributed by atoms with van der Waals surface area (Å²) < 4.78 is 6.52. The largest absolute Gasteiger partial charge is 0.497 e. The molecule has 3 aliphatic heterocycles. The topological polar surface area (TPSA) is 41.6 Å². The van der Waals surface area contributed by atoms with Crippen molar-refractivity contribution in [2.75, 3.05) is 26.7 Å². The summed E-state index contributed by atoms with van der Waals surface area (Å²) in [6, 6.07) is 16.7. The third-order valence-corrected chi connectivity index (χ3v) is 7.30. The molecule has 1 amide bonds. The zero-order chi connectivity index (χ0) is 19.1. The van der Waals surface area contributed by atoms with Gasteiger partial charge in [-0.1, -0.05) is 30.3 Å². The molecule has 152 valence electrons. The van der Waals surface area contributed by atoms with Gasteiger partial charge in [-0.05, 0) is 66.6 Å². The molecule has 4 nitrogen and oxygen atoms in total. The Morgan fingerprint density at radius 2 is 1.93 bits per heavy atom. The Morgan fingerprint density at radius 1 is 1.14 bits per heavy atom. The molecule has 0 spiro atoms. The monoisotopic (exact) mass is 428 g/mol. The van der Waals surface area contributed by atoms with Crippen LogP contribution in [0.15, 0.2) is 48.5 Å². The number of thiophene rings is 1. The molecule has 6 rings (SSSR count). The van der Waals surface area contributed by atoms with Crippen LogP contribution in [-0.2, 0) is 0 Å². The van der Waals surface area contributed by atoms with Crippen molar-refractivity contribution < 1.29 is 9.53 Å². The SMILES string of the molecule is COc1cccc(-c2cccc3cc(C(=O)N[C@H]4CN5CCC4CC5)sc23)c1.Cl. The number of benzene rings is 2. The Balaban J connectivity index is 0.00000205. The van der Waals surface area contributed by atoms with Crippen molar-refractivity contribution in [1.82, 2.24) is 10.2 Å². The second-order valence-corrected chi connectivity index (χ2v) is 8.84. The molecule has 29 heavy (non-hydrogen) atoms. The average Bonchev–Trinajstić information content (AvgIpc) is 3.19. The maximum atomic E-state index is 13.0. The van der Waals surface area contributed by atoms with Gasteiger partial charge in [0.2, 0.25) is 0 Å². The molecular formula is C23H25ClN2O2S. The zero-order valence-electron chi connectivity index (χ0n) is 16.4. The first kappa shape index (κ1) is 20.2. The van der Waals surface area contributed by atoms with E-state index in [-0.39, 0.29) is 24.4 Å². The van der Waals surface area contributed by atoms with Crippen LogP contribution in [0.4, 0.5) is 0 Å². The molecule has 3 aliphatic rings. The molecule has 0 unspecified atom stereocenters. The lowest BCUT2D eigenvalue weighted by Gasteiger charge is -2.44. The highest BCUT2D eigenvalue weighted by Gasteiger charge is 2.35. The number of ether oxygens (including phenoxy) is 1. The van der Waals surface area contributed by atoms with Crippen molar-refractivity contribution in [2.24, 2.45) is 5.92 Å². The minimum Gasteiger partial charge on any atom is -0.497 e. The number of nitrogens with zero attached hydrogens (tertiary/aromatic N) is 1. The number of fused-ring (bicyclic) bond motifs is 4. The van der Waals surface area contributed by atoms with Crippen molar-refractivity contribution in [3.8, 4) is 16.9 Å². The van der Waals surface area contributed by atoms with Crippen molar-refractivity contribution in [1.29, 1.82) is 0 Å². The Morgan fingerprint density at radius 3 is 2.66 bits per heavy atom. The third kappa shape index (κ3) is 3.87. The van der Waals surface area contributed by atoms with E-state index in [4.69, 9.17) is 4.74 Å². The van der Waals surface area contributed by atoms with Gasteiger partial charge in [-0.2, -0.15) is 0 Å². The van der Waals surface area contributed by atoms with Crippen molar-refractivity contribution in [3.63, 3.8) is 0 Å². The second kappa shape index (κ2) is 8.34. The first-order chi connectivity index (χ1) is 13.7. The van der Waals surface area contributed by atoms with E-state index in [1.807, 2.05) is 24.3 Å². The van der Waals surface area contributed by atoms with Gasteiger partial charge in [0, 0.05) is 17.3 Å². The van der Waals surface area contributed by atoms with Crippen LogP contribution < -0.4 is 10.1 Å². The molecule has 2 bridgehead atoms. The lowest BCUT2D eigenvalue weighted by atomic mass is 9.84. The fourth-order valence-corrected chi connectivity index (χ4v) is 5.66. The van der Waals surface area contributed by atoms with E-state index in [2.05, 4.69) is 34.5 Å². The van der Waals surface area contributed by atoms with Gasteiger partial charge >= 0.3 is 0 Å². The molecule has 2 aromatic carbocycles. The summed E-state index contributed by atoms with van der Waals surface area (Å²) in [5.74, 6) is 1.54. The molecule has 6 heteroatoms. The molecule has 3 fully saturated rings. The highest BCUT2D eigenvalue weighted by molar-refractivity contribution is 7.21. The molecular weight excluding hydrogens is 404 g/mol. The fourth-order valence-electron chi connectivity index (χ4n) is 4.56. The summed E-state index contributed by atoms with van der Waals surface area (Å²) in [4.78, 5) is 16.2. The van der Waals surface area contributed by atoms with Gasteiger partial charge in [0.15, 0.2) is 0 Å². The molecule has 3 saturated heterocycles. The fraction of sp³-hybridized carbons (Fsp3) is 0.348. The minimum atomic E-state index is 0. The van der Waals surface area contributed by atoms with Crippen LogP contribution in [0.1, 0.15) is 22.5 Å². The quantitative estimate of drug-likeness (QED) is 0.647. The first-order valence-corrected chi connectivity index (χ1v) is 10.7. The molecule has 3 aromatic rings. The smallest absolute Gasteiger partial charge is 0.261 e. The summed E-state index contributed by atoms with van der Waals surface area (Å²) in [6.07, 6.45) is 2.41. The van der Waals surface area contributed by atoms with Crippen LogP contribution in [0.5, 0.6) is 5.75 Å². The Kier molecular flexibility index (Phi) is 5.81. The summed E-state index contributed by atoms with van der Waals surface area (Å²) in [5, 5.41) is 4.43. The van der Waals surface area contributed by atoms with E-state index < -0.39 is 0 Å². The van der Waals surface area contributed by atoms with E-state index in [9.17, 15) is 4.79 Å². The van der Waals surface area contributed by atoms with Crippen molar-refractivity contribution in [3.05, 3.63) is 53.4 Å². The maximum absolute atomic E-state index is 13.0. The number of methoxy groups -OCH3 is 1. The van der Waals surface area contributed by atoms with Gasteiger partial charge < -0.3 is 15.0 Å². The molecule has 1 aromatic heterocycles. The minimum absolute atomic E-state index is 0. The molecule has 1 atom stereocenters. The van der Waals surface area contributed by atoms with E-state index in [0.29, 0.717) is 5.92 Å². The van der Waals surface area contributed by atoms with Gasteiger partial charge in [-0.3, -0.25) is 4.79 Å². The molecule has 1 N–H and O–H groups in total. The highest BCUT2D eigenvalue weighted by atomic mass is 35.5. The van der Waals surface area contributed by atoms with E-state index in [1.54, 1.807) is 18.4 Å². The van der Waals surface area contributed by atoms with Gasteiger partial charge in [0.25, 0.3) is 5.91 Å². The first-order valence-electron chi connectivity index (χ1n) is 9.91. The normalized spacial score (nSPS) is 22.9.